The third kappa shape index (κ3) is 4.98. The Balaban J connectivity index is 1.73. The molecule has 2 fully saturated rings. The minimum absolute atomic E-state index is 0.0773. The van der Waals surface area contributed by atoms with E-state index in [2.05, 4.69) is 33.0 Å². The van der Waals surface area contributed by atoms with E-state index in [-0.39, 0.29) is 28.7 Å². The molecule has 0 heterocycles. The van der Waals surface area contributed by atoms with E-state index in [0.717, 1.165) is 6.42 Å². The van der Waals surface area contributed by atoms with Gasteiger partial charge in [0.15, 0.2) is 0 Å². The average Bonchev–Trinajstić information content (AvgIpc) is 2.47. The fourth-order valence-electron chi connectivity index (χ4n) is 5.47. The van der Waals surface area contributed by atoms with E-state index in [0.29, 0.717) is 24.3 Å². The molecule has 0 unspecified atom stereocenters. The van der Waals surface area contributed by atoms with Crippen LogP contribution in [-0.2, 0) is 4.79 Å². The van der Waals surface area contributed by atoms with Gasteiger partial charge in [-0.25, -0.2) is 4.79 Å². The Morgan fingerprint density at radius 3 is 2.17 bits per heavy atom. The van der Waals surface area contributed by atoms with Gasteiger partial charge in [-0.05, 0) is 61.1 Å². The number of alkyl halides is 3. The van der Waals surface area contributed by atoms with Gasteiger partial charge in [0, 0.05) is 5.69 Å². The van der Waals surface area contributed by atoms with Gasteiger partial charge < -0.3 is 15.2 Å². The van der Waals surface area contributed by atoms with Crippen molar-refractivity contribution >= 4 is 23.3 Å². The highest BCUT2D eigenvalue weighted by atomic mass is 35.5. The maximum atomic E-state index is 12.6. The van der Waals surface area contributed by atoms with Crippen molar-refractivity contribution in [3.63, 3.8) is 0 Å². The van der Waals surface area contributed by atoms with Gasteiger partial charge in [-0.1, -0.05) is 39.3 Å². The molecule has 2 aliphatic rings. The minimum Gasteiger partial charge on any atom is -0.489 e. The molecule has 168 valence electrons. The summed E-state index contributed by atoms with van der Waals surface area (Å²) in [5.74, 6) is -1.93. The van der Waals surface area contributed by atoms with Crippen LogP contribution < -0.4 is 10.1 Å². The Morgan fingerprint density at radius 2 is 1.70 bits per heavy atom. The normalized spacial score (nSPS) is 27.1. The number of rotatable bonds is 5. The van der Waals surface area contributed by atoms with Crippen molar-refractivity contribution < 1.29 is 27.8 Å². The SMILES string of the molecule is CC1(C)CC(C)(C)CC(Nc2ccc(OC3CC(C(F)(F)F)C3)c(Cl)c2)(C(=O)O)C1. The third-order valence-corrected chi connectivity index (χ3v) is 6.39. The molecule has 0 spiro atoms. The van der Waals surface area contributed by atoms with Crippen molar-refractivity contribution in [2.75, 3.05) is 5.32 Å². The number of aliphatic carboxylic acids is 1. The number of ether oxygens (including phenoxy) is 1. The van der Waals surface area contributed by atoms with E-state index in [4.69, 9.17) is 16.3 Å². The predicted octanol–water partition coefficient (Wildman–Crippen LogP) is 6.53. The first-order chi connectivity index (χ1) is 13.6. The highest BCUT2D eigenvalue weighted by molar-refractivity contribution is 6.32. The molecule has 0 atom stereocenters. The van der Waals surface area contributed by atoms with Crippen LogP contribution in [0, 0.1) is 16.7 Å². The molecule has 2 aliphatic carbocycles. The van der Waals surface area contributed by atoms with Gasteiger partial charge in [0.05, 0.1) is 17.0 Å². The summed E-state index contributed by atoms with van der Waals surface area (Å²) in [6.07, 6.45) is -3.00. The fraction of sp³-hybridized carbons (Fsp3) is 0.682. The van der Waals surface area contributed by atoms with Crippen LogP contribution in [0.1, 0.15) is 59.8 Å². The molecule has 2 saturated carbocycles. The van der Waals surface area contributed by atoms with Gasteiger partial charge in [0.2, 0.25) is 0 Å². The first-order valence-corrected chi connectivity index (χ1v) is 10.5. The maximum absolute atomic E-state index is 12.6. The summed E-state index contributed by atoms with van der Waals surface area (Å²) < 4.78 is 43.5. The van der Waals surface area contributed by atoms with E-state index < -0.39 is 29.7 Å². The molecule has 0 aliphatic heterocycles. The first kappa shape index (κ1) is 23.0. The lowest BCUT2D eigenvalue weighted by Crippen LogP contribution is -2.56. The Labute approximate surface area is 180 Å². The number of hydrogen-bond acceptors (Lipinski definition) is 3. The number of halogens is 4. The number of benzene rings is 1. The van der Waals surface area contributed by atoms with Gasteiger partial charge in [-0.2, -0.15) is 13.2 Å². The zero-order valence-electron chi connectivity index (χ0n) is 17.7. The van der Waals surface area contributed by atoms with E-state index in [1.807, 2.05) is 0 Å². The summed E-state index contributed by atoms with van der Waals surface area (Å²) in [7, 11) is 0. The number of hydrogen-bond donors (Lipinski definition) is 2. The Hall–Kier alpha value is -1.63. The molecule has 0 amide bonds. The van der Waals surface area contributed by atoms with Crippen LogP contribution in [-0.4, -0.2) is 28.9 Å². The second-order valence-electron chi connectivity index (χ2n) is 10.5. The van der Waals surface area contributed by atoms with Crippen molar-refractivity contribution in [1.82, 2.24) is 0 Å². The van der Waals surface area contributed by atoms with Crippen LogP contribution >= 0.6 is 11.6 Å². The van der Waals surface area contributed by atoms with Gasteiger partial charge >= 0.3 is 12.1 Å². The van der Waals surface area contributed by atoms with Gasteiger partial charge in [0.25, 0.3) is 0 Å². The molecule has 0 bridgehead atoms. The smallest absolute Gasteiger partial charge is 0.392 e. The second kappa shape index (κ2) is 7.50. The van der Waals surface area contributed by atoms with Crippen LogP contribution in [0.2, 0.25) is 5.02 Å². The molecule has 1 aromatic rings. The lowest BCUT2D eigenvalue weighted by atomic mass is 9.58. The quantitative estimate of drug-likeness (QED) is 0.538. The molecule has 3 rings (SSSR count). The summed E-state index contributed by atoms with van der Waals surface area (Å²) in [4.78, 5) is 12.3. The van der Waals surface area contributed by atoms with Crippen LogP contribution in [0.4, 0.5) is 18.9 Å². The predicted molar refractivity (Wildman–Crippen MR) is 110 cm³/mol. The van der Waals surface area contributed by atoms with Gasteiger partial charge in [0.1, 0.15) is 11.3 Å². The summed E-state index contributed by atoms with van der Waals surface area (Å²) in [6, 6.07) is 4.83. The zero-order chi connectivity index (χ0) is 22.5. The molecular weight excluding hydrogens is 419 g/mol. The number of carbonyl (C=O) groups is 1. The zero-order valence-corrected chi connectivity index (χ0v) is 18.5. The topological polar surface area (TPSA) is 58.6 Å². The largest absolute Gasteiger partial charge is 0.489 e. The van der Waals surface area contributed by atoms with Crippen molar-refractivity contribution in [3.05, 3.63) is 23.2 Å². The molecular formula is C22H29ClF3NO3. The summed E-state index contributed by atoms with van der Waals surface area (Å²) >= 11 is 6.30. The fourth-order valence-corrected chi connectivity index (χ4v) is 5.69. The standard InChI is InChI=1S/C22H29ClF3NO3/c1-19(2)10-20(3,4)12-21(11-19,18(28)29)27-14-5-6-17(16(23)9-14)30-15-7-13(8-15)22(24,25)26/h5-6,9,13,15,27H,7-8,10-12H2,1-4H3,(H,28,29). The van der Waals surface area contributed by atoms with Crippen LogP contribution in [0.5, 0.6) is 5.75 Å². The minimum atomic E-state index is -4.19. The lowest BCUT2D eigenvalue weighted by Gasteiger charge is -2.50. The number of carboxylic acids is 1. The third-order valence-electron chi connectivity index (χ3n) is 6.09. The number of nitrogens with one attached hydrogen (secondary N) is 1. The Bertz CT molecular complexity index is 800. The first-order valence-electron chi connectivity index (χ1n) is 10.2. The molecule has 30 heavy (non-hydrogen) atoms. The van der Waals surface area contributed by atoms with Gasteiger partial charge in [-0.15, -0.1) is 0 Å². The molecule has 1 aromatic carbocycles. The van der Waals surface area contributed by atoms with E-state index in [9.17, 15) is 23.1 Å². The summed E-state index contributed by atoms with van der Waals surface area (Å²) in [5, 5.41) is 13.5. The van der Waals surface area contributed by atoms with Crippen LogP contribution in [0.15, 0.2) is 18.2 Å². The van der Waals surface area contributed by atoms with Gasteiger partial charge in [-0.3, -0.25) is 0 Å². The van der Waals surface area contributed by atoms with Crippen molar-refractivity contribution in [1.29, 1.82) is 0 Å². The van der Waals surface area contributed by atoms with Crippen LogP contribution in [0.25, 0.3) is 0 Å². The molecule has 0 radical (unpaired) electrons. The Kier molecular flexibility index (Phi) is 5.76. The molecule has 0 aromatic heterocycles. The highest BCUT2D eigenvalue weighted by Gasteiger charge is 2.52. The molecule has 4 nitrogen and oxygen atoms in total. The van der Waals surface area contributed by atoms with Crippen molar-refractivity contribution in [3.8, 4) is 5.75 Å². The summed E-state index contributed by atoms with van der Waals surface area (Å²) in [5.41, 5.74) is -0.895. The summed E-state index contributed by atoms with van der Waals surface area (Å²) in [6.45, 7) is 8.29. The van der Waals surface area contributed by atoms with Crippen molar-refractivity contribution in [2.45, 2.75) is 77.6 Å². The maximum Gasteiger partial charge on any atom is 0.392 e. The van der Waals surface area contributed by atoms with E-state index >= 15 is 0 Å². The monoisotopic (exact) mass is 447 g/mol. The van der Waals surface area contributed by atoms with E-state index in [1.165, 1.54) is 0 Å². The van der Waals surface area contributed by atoms with E-state index in [1.54, 1.807) is 18.2 Å². The van der Waals surface area contributed by atoms with Crippen molar-refractivity contribution in [2.24, 2.45) is 16.7 Å². The Morgan fingerprint density at radius 1 is 1.13 bits per heavy atom. The molecule has 0 saturated heterocycles. The average molecular weight is 448 g/mol. The highest BCUT2D eigenvalue weighted by Crippen LogP contribution is 2.51. The second-order valence-corrected chi connectivity index (χ2v) is 10.9. The molecule has 2 N–H and O–H groups in total. The molecule has 8 heteroatoms. The lowest BCUT2D eigenvalue weighted by molar-refractivity contribution is -0.210. The number of anilines is 1. The number of carboxylic acid groups (broad SMARTS) is 1. The van der Waals surface area contributed by atoms with Crippen LogP contribution in [0.3, 0.4) is 0 Å².